The summed E-state index contributed by atoms with van der Waals surface area (Å²) in [5.41, 5.74) is 2.66. The first-order valence-corrected chi connectivity index (χ1v) is 9.16. The number of methoxy groups -OCH3 is 1. The van der Waals surface area contributed by atoms with Crippen LogP contribution >= 0.6 is 0 Å². The number of carbonyl (C=O) groups is 1. The first-order valence-electron chi connectivity index (χ1n) is 9.16. The number of carbonyl (C=O) groups excluding carboxylic acids is 1. The summed E-state index contributed by atoms with van der Waals surface area (Å²) in [5, 5.41) is 7.37. The maximum absolute atomic E-state index is 13.1. The Morgan fingerprint density at radius 2 is 2.24 bits per heavy atom. The number of benzene rings is 1. The number of anilines is 1. The number of piperidine rings is 1. The summed E-state index contributed by atoms with van der Waals surface area (Å²) in [6.07, 6.45) is 3.89. The number of hydrogen-bond donors (Lipinski definition) is 2. The molecule has 5 atom stereocenters. The summed E-state index contributed by atoms with van der Waals surface area (Å²) in [5.74, 6) is -0.134. The molecule has 0 aromatic heterocycles. The van der Waals surface area contributed by atoms with Gasteiger partial charge in [0.2, 0.25) is 0 Å². The molecule has 0 amide bonds. The van der Waals surface area contributed by atoms with Crippen molar-refractivity contribution in [1.82, 2.24) is 5.32 Å². The fourth-order valence-electron chi connectivity index (χ4n) is 6.08. The molecule has 1 aromatic rings. The van der Waals surface area contributed by atoms with Gasteiger partial charge in [-0.15, -0.1) is 0 Å². The Morgan fingerprint density at radius 3 is 3.04 bits per heavy atom. The highest BCUT2D eigenvalue weighted by Crippen LogP contribution is 2.65. The minimum atomic E-state index is -0.564. The Kier molecular flexibility index (Phi) is 3.13. The van der Waals surface area contributed by atoms with Crippen molar-refractivity contribution in [2.24, 2.45) is 11.8 Å². The number of nitrogens with one attached hydrogen (secondary N) is 2. The SMILES string of the molecule is C/C=C1\CN[C@H]2C[C@@H]1[C@@H](C(=O)OC)[C@@]13CCO[C@@]21Nc1ccccc13. The van der Waals surface area contributed by atoms with E-state index >= 15 is 0 Å². The van der Waals surface area contributed by atoms with Crippen LogP contribution in [0.15, 0.2) is 35.9 Å². The zero-order chi connectivity index (χ0) is 17.2. The van der Waals surface area contributed by atoms with Crippen molar-refractivity contribution in [3.8, 4) is 0 Å². The van der Waals surface area contributed by atoms with E-state index in [1.54, 1.807) is 0 Å². The molecule has 2 bridgehead atoms. The Labute approximate surface area is 147 Å². The number of hydrogen-bond acceptors (Lipinski definition) is 5. The van der Waals surface area contributed by atoms with Crippen LogP contribution in [-0.4, -0.2) is 38.0 Å². The van der Waals surface area contributed by atoms with Gasteiger partial charge in [0.25, 0.3) is 0 Å². The molecule has 3 heterocycles. The Bertz CT molecular complexity index is 776. The van der Waals surface area contributed by atoms with Crippen molar-refractivity contribution in [3.63, 3.8) is 0 Å². The van der Waals surface area contributed by atoms with Gasteiger partial charge in [-0.05, 0) is 37.3 Å². The van der Waals surface area contributed by atoms with Crippen LogP contribution in [0.2, 0.25) is 0 Å². The molecule has 0 unspecified atom stereocenters. The van der Waals surface area contributed by atoms with Crippen molar-refractivity contribution < 1.29 is 14.3 Å². The van der Waals surface area contributed by atoms with Crippen LogP contribution in [0.1, 0.15) is 25.3 Å². The monoisotopic (exact) mass is 340 g/mol. The van der Waals surface area contributed by atoms with Gasteiger partial charge in [-0.3, -0.25) is 4.79 Å². The smallest absolute Gasteiger partial charge is 0.310 e. The van der Waals surface area contributed by atoms with E-state index in [1.165, 1.54) is 18.2 Å². The van der Waals surface area contributed by atoms with Crippen LogP contribution < -0.4 is 10.6 Å². The summed E-state index contributed by atoms with van der Waals surface area (Å²) < 4.78 is 11.7. The number of esters is 1. The van der Waals surface area contributed by atoms with Gasteiger partial charge in [0, 0.05) is 12.2 Å². The Hall–Kier alpha value is -1.85. The first kappa shape index (κ1) is 15.4. The van der Waals surface area contributed by atoms with E-state index in [2.05, 4.69) is 41.8 Å². The van der Waals surface area contributed by atoms with Crippen molar-refractivity contribution in [1.29, 1.82) is 0 Å². The van der Waals surface area contributed by atoms with Crippen LogP contribution in [-0.2, 0) is 19.7 Å². The molecule has 1 aliphatic carbocycles. The molecule has 4 aliphatic rings. The second-order valence-corrected chi connectivity index (χ2v) is 7.62. The quantitative estimate of drug-likeness (QED) is 0.606. The molecule has 3 aliphatic heterocycles. The molecule has 1 aromatic carbocycles. The standard InChI is InChI=1S/C20H24N2O3/c1-3-12-11-21-16-10-13(12)17(18(23)24-2)19-8-9-25-20(16,19)22-15-7-5-4-6-14(15)19/h3-7,13,16-17,21-22H,8-11H2,1-2H3/b12-3+/t13-,16-,17-,19-,20-/m0/s1. The third kappa shape index (κ3) is 1.64. The molecule has 0 radical (unpaired) electrons. The number of para-hydroxylation sites is 1. The van der Waals surface area contributed by atoms with Gasteiger partial charge < -0.3 is 20.1 Å². The third-order valence-corrected chi connectivity index (χ3v) is 6.99. The molecular weight excluding hydrogens is 316 g/mol. The predicted octanol–water partition coefficient (Wildman–Crippen LogP) is 2.19. The fourth-order valence-corrected chi connectivity index (χ4v) is 6.08. The second kappa shape index (κ2) is 5.08. The lowest BCUT2D eigenvalue weighted by atomic mass is 9.51. The van der Waals surface area contributed by atoms with Gasteiger partial charge in [-0.1, -0.05) is 29.8 Å². The molecule has 2 N–H and O–H groups in total. The van der Waals surface area contributed by atoms with Gasteiger partial charge in [0.1, 0.15) is 0 Å². The van der Waals surface area contributed by atoms with Crippen molar-refractivity contribution in [3.05, 3.63) is 41.5 Å². The van der Waals surface area contributed by atoms with Crippen LogP contribution in [0.25, 0.3) is 0 Å². The summed E-state index contributed by atoms with van der Waals surface area (Å²) in [4.78, 5) is 13.1. The highest BCUT2D eigenvalue weighted by atomic mass is 16.5. The summed E-state index contributed by atoms with van der Waals surface area (Å²) in [6.45, 7) is 3.53. The molecule has 3 fully saturated rings. The average Bonchev–Trinajstić information content (AvgIpc) is 3.15. The molecule has 5 nitrogen and oxygen atoms in total. The molecule has 132 valence electrons. The summed E-state index contributed by atoms with van der Waals surface area (Å²) in [6, 6.07) is 8.53. The third-order valence-electron chi connectivity index (χ3n) is 6.99. The van der Waals surface area contributed by atoms with Crippen molar-refractivity contribution >= 4 is 11.7 Å². The summed E-state index contributed by atoms with van der Waals surface area (Å²) >= 11 is 0. The van der Waals surface area contributed by atoms with Gasteiger partial charge in [0.05, 0.1) is 31.1 Å². The molecule has 2 saturated heterocycles. The minimum absolute atomic E-state index is 0.113. The Balaban J connectivity index is 1.79. The highest BCUT2D eigenvalue weighted by Gasteiger charge is 2.74. The predicted molar refractivity (Wildman–Crippen MR) is 94.2 cm³/mol. The van der Waals surface area contributed by atoms with Crippen LogP contribution in [0.4, 0.5) is 5.69 Å². The average molecular weight is 340 g/mol. The molecule has 0 spiro atoms. The lowest BCUT2D eigenvalue weighted by Gasteiger charge is -2.57. The van der Waals surface area contributed by atoms with Crippen molar-refractivity contribution in [2.75, 3.05) is 25.6 Å². The van der Waals surface area contributed by atoms with Crippen LogP contribution in [0, 0.1) is 11.8 Å². The maximum atomic E-state index is 13.1. The van der Waals surface area contributed by atoms with E-state index in [-0.39, 0.29) is 29.3 Å². The minimum Gasteiger partial charge on any atom is -0.469 e. The van der Waals surface area contributed by atoms with Gasteiger partial charge in [0.15, 0.2) is 5.72 Å². The first-order chi connectivity index (χ1) is 12.2. The van der Waals surface area contributed by atoms with Crippen LogP contribution in [0.3, 0.4) is 0 Å². The molecule has 5 heteroatoms. The normalized spacial score (nSPS) is 42.3. The summed E-state index contributed by atoms with van der Waals surface area (Å²) in [7, 11) is 1.51. The van der Waals surface area contributed by atoms with E-state index in [0.29, 0.717) is 6.61 Å². The highest BCUT2D eigenvalue weighted by molar-refractivity contribution is 5.80. The van der Waals surface area contributed by atoms with Crippen LogP contribution in [0.5, 0.6) is 0 Å². The molecular formula is C20H24N2O3. The number of allylic oxidation sites excluding steroid dienone is 1. The topological polar surface area (TPSA) is 59.6 Å². The zero-order valence-electron chi connectivity index (χ0n) is 14.7. The molecule has 5 rings (SSSR count). The molecule has 1 saturated carbocycles. The Morgan fingerprint density at radius 1 is 1.40 bits per heavy atom. The maximum Gasteiger partial charge on any atom is 0.310 e. The van der Waals surface area contributed by atoms with Gasteiger partial charge >= 0.3 is 5.97 Å². The lowest BCUT2D eigenvalue weighted by molar-refractivity contribution is -0.162. The van der Waals surface area contributed by atoms with E-state index in [4.69, 9.17) is 9.47 Å². The fraction of sp³-hybridized carbons (Fsp3) is 0.550. The molecule has 25 heavy (non-hydrogen) atoms. The number of ether oxygens (including phenoxy) is 2. The van der Waals surface area contributed by atoms with Crippen molar-refractivity contribution in [2.45, 2.75) is 36.9 Å². The van der Waals surface area contributed by atoms with E-state index in [1.807, 2.05) is 6.07 Å². The lowest BCUT2D eigenvalue weighted by Crippen LogP contribution is -2.73. The van der Waals surface area contributed by atoms with Gasteiger partial charge in [-0.25, -0.2) is 0 Å². The number of rotatable bonds is 1. The van der Waals surface area contributed by atoms with E-state index < -0.39 is 5.72 Å². The van der Waals surface area contributed by atoms with Gasteiger partial charge in [-0.2, -0.15) is 0 Å². The zero-order valence-corrected chi connectivity index (χ0v) is 14.7. The number of fused-ring (bicyclic) bond motifs is 3. The van der Waals surface area contributed by atoms with E-state index in [0.717, 1.165) is 25.1 Å². The van der Waals surface area contributed by atoms with E-state index in [9.17, 15) is 4.79 Å². The second-order valence-electron chi connectivity index (χ2n) is 7.62. The largest absolute Gasteiger partial charge is 0.469 e.